The molecule has 2 atom stereocenters. The molecule has 1 heterocycles. The standard InChI is InChI=1S/C16H13ClO2S/c1-19-13-4-2-3-11(9-13)14(18)16-15(20-16)10-5-7-12(17)8-6-10/h2-9,15-16H,1H3. The first-order valence-electron chi connectivity index (χ1n) is 6.28. The predicted molar refractivity (Wildman–Crippen MR) is 82.9 cm³/mol. The Balaban J connectivity index is 1.75. The van der Waals surface area contributed by atoms with Crippen molar-refractivity contribution in [2.45, 2.75) is 10.5 Å². The number of halogens is 1. The van der Waals surface area contributed by atoms with Crippen molar-refractivity contribution in [3.63, 3.8) is 0 Å². The summed E-state index contributed by atoms with van der Waals surface area (Å²) in [6, 6.07) is 15.0. The van der Waals surface area contributed by atoms with E-state index in [0.29, 0.717) is 11.3 Å². The predicted octanol–water partition coefficient (Wildman–Crippen LogP) is 4.39. The average molecular weight is 305 g/mol. The summed E-state index contributed by atoms with van der Waals surface area (Å²) in [5.74, 6) is 0.874. The van der Waals surface area contributed by atoms with E-state index < -0.39 is 0 Å². The van der Waals surface area contributed by atoms with Crippen LogP contribution in [0.4, 0.5) is 0 Å². The van der Waals surface area contributed by atoms with E-state index in [1.165, 1.54) is 0 Å². The molecule has 0 aliphatic carbocycles. The van der Waals surface area contributed by atoms with Gasteiger partial charge in [0.1, 0.15) is 5.75 Å². The molecule has 20 heavy (non-hydrogen) atoms. The minimum absolute atomic E-state index is 0.00304. The van der Waals surface area contributed by atoms with Gasteiger partial charge >= 0.3 is 0 Å². The van der Waals surface area contributed by atoms with Crippen LogP contribution < -0.4 is 4.74 Å². The molecule has 2 nitrogen and oxygen atoms in total. The van der Waals surface area contributed by atoms with Crippen molar-refractivity contribution in [2.75, 3.05) is 7.11 Å². The lowest BCUT2D eigenvalue weighted by Crippen LogP contribution is -2.07. The van der Waals surface area contributed by atoms with Crippen LogP contribution in [0, 0.1) is 0 Å². The van der Waals surface area contributed by atoms with Crippen LogP contribution in [0.2, 0.25) is 5.02 Å². The molecule has 1 aliphatic heterocycles. The smallest absolute Gasteiger partial charge is 0.177 e. The van der Waals surface area contributed by atoms with Crippen molar-refractivity contribution < 1.29 is 9.53 Å². The van der Waals surface area contributed by atoms with Crippen molar-refractivity contribution in [3.05, 3.63) is 64.7 Å². The number of carbonyl (C=O) groups is 1. The highest BCUT2D eigenvalue weighted by Crippen LogP contribution is 2.56. The highest BCUT2D eigenvalue weighted by atomic mass is 35.5. The molecule has 0 N–H and O–H groups in total. The van der Waals surface area contributed by atoms with Gasteiger partial charge in [0, 0.05) is 15.8 Å². The van der Waals surface area contributed by atoms with E-state index in [2.05, 4.69) is 0 Å². The first-order chi connectivity index (χ1) is 9.69. The van der Waals surface area contributed by atoms with Crippen LogP contribution in [0.1, 0.15) is 21.2 Å². The van der Waals surface area contributed by atoms with Gasteiger partial charge in [0.05, 0.1) is 12.4 Å². The van der Waals surface area contributed by atoms with Crippen molar-refractivity contribution >= 4 is 29.1 Å². The maximum absolute atomic E-state index is 12.4. The fourth-order valence-corrected chi connectivity index (χ4v) is 3.36. The second-order valence-electron chi connectivity index (χ2n) is 4.63. The molecule has 0 bridgehead atoms. The molecular formula is C16H13ClO2S. The Kier molecular flexibility index (Phi) is 3.72. The lowest BCUT2D eigenvalue weighted by atomic mass is 10.0. The Hall–Kier alpha value is -1.45. The van der Waals surface area contributed by atoms with Gasteiger partial charge in [-0.3, -0.25) is 4.79 Å². The Morgan fingerprint density at radius 2 is 1.95 bits per heavy atom. The number of thioether (sulfide) groups is 1. The van der Waals surface area contributed by atoms with Crippen LogP contribution in [-0.2, 0) is 0 Å². The molecule has 0 aromatic heterocycles. The number of hydrogen-bond acceptors (Lipinski definition) is 3. The molecule has 2 aromatic rings. The zero-order valence-electron chi connectivity index (χ0n) is 10.9. The molecule has 4 heteroatoms. The minimum atomic E-state index is 0.00304. The van der Waals surface area contributed by atoms with Crippen LogP contribution in [0.15, 0.2) is 48.5 Å². The third kappa shape index (κ3) is 2.69. The molecule has 0 spiro atoms. The molecule has 0 radical (unpaired) electrons. The van der Waals surface area contributed by atoms with Gasteiger partial charge in [0.25, 0.3) is 0 Å². The molecule has 3 rings (SSSR count). The average Bonchev–Trinajstić information content (AvgIpc) is 3.28. The Morgan fingerprint density at radius 3 is 2.65 bits per heavy atom. The van der Waals surface area contributed by atoms with Gasteiger partial charge in [-0.1, -0.05) is 35.9 Å². The van der Waals surface area contributed by atoms with Crippen LogP contribution in [0.5, 0.6) is 5.75 Å². The molecule has 0 amide bonds. The van der Waals surface area contributed by atoms with Crippen LogP contribution in [0.3, 0.4) is 0 Å². The number of hydrogen-bond donors (Lipinski definition) is 0. The van der Waals surface area contributed by atoms with Crippen LogP contribution in [0.25, 0.3) is 0 Å². The summed E-state index contributed by atoms with van der Waals surface area (Å²) in [6.45, 7) is 0. The van der Waals surface area contributed by atoms with Crippen LogP contribution in [-0.4, -0.2) is 18.1 Å². The number of methoxy groups -OCH3 is 1. The summed E-state index contributed by atoms with van der Waals surface area (Å²) < 4.78 is 5.16. The molecular weight excluding hydrogens is 292 g/mol. The van der Waals surface area contributed by atoms with Gasteiger partial charge in [-0.15, -0.1) is 11.8 Å². The van der Waals surface area contributed by atoms with Gasteiger partial charge in [-0.25, -0.2) is 0 Å². The zero-order valence-corrected chi connectivity index (χ0v) is 12.4. The molecule has 102 valence electrons. The summed E-state index contributed by atoms with van der Waals surface area (Å²) in [4.78, 5) is 12.4. The number of benzene rings is 2. The zero-order chi connectivity index (χ0) is 14.1. The number of rotatable bonds is 4. The molecule has 2 unspecified atom stereocenters. The second kappa shape index (κ2) is 5.51. The maximum Gasteiger partial charge on any atom is 0.177 e. The summed E-state index contributed by atoms with van der Waals surface area (Å²) in [6.07, 6.45) is 0. The first-order valence-corrected chi connectivity index (χ1v) is 7.60. The fraction of sp³-hybridized carbons (Fsp3) is 0.188. The number of Topliss-reactive ketones (excluding diaryl/α,β-unsaturated/α-hetero) is 1. The lowest BCUT2D eigenvalue weighted by Gasteiger charge is -2.03. The summed E-state index contributed by atoms with van der Waals surface area (Å²) in [5.41, 5.74) is 1.86. The lowest BCUT2D eigenvalue weighted by molar-refractivity contribution is 0.0997. The second-order valence-corrected chi connectivity index (χ2v) is 6.35. The first kappa shape index (κ1) is 13.5. The minimum Gasteiger partial charge on any atom is -0.497 e. The largest absolute Gasteiger partial charge is 0.497 e. The van der Waals surface area contributed by atoms with Crippen molar-refractivity contribution in [2.24, 2.45) is 0 Å². The van der Waals surface area contributed by atoms with E-state index in [1.54, 1.807) is 24.9 Å². The Labute approximate surface area is 127 Å². The monoisotopic (exact) mass is 304 g/mol. The summed E-state index contributed by atoms with van der Waals surface area (Å²) in [7, 11) is 1.60. The quantitative estimate of drug-likeness (QED) is 0.619. The van der Waals surface area contributed by atoms with E-state index in [1.807, 2.05) is 42.5 Å². The van der Waals surface area contributed by atoms with E-state index >= 15 is 0 Å². The Bertz CT molecular complexity index is 639. The summed E-state index contributed by atoms with van der Waals surface area (Å²) in [5, 5.41) is 0.962. The van der Waals surface area contributed by atoms with E-state index in [-0.39, 0.29) is 16.3 Å². The number of ketones is 1. The molecule has 2 aromatic carbocycles. The molecule has 1 fully saturated rings. The van der Waals surface area contributed by atoms with E-state index in [4.69, 9.17) is 16.3 Å². The van der Waals surface area contributed by atoms with Crippen molar-refractivity contribution in [1.82, 2.24) is 0 Å². The normalized spacial score (nSPS) is 20.5. The highest BCUT2D eigenvalue weighted by Gasteiger charge is 2.45. The fourth-order valence-electron chi connectivity index (χ4n) is 2.16. The Morgan fingerprint density at radius 1 is 1.20 bits per heavy atom. The van der Waals surface area contributed by atoms with E-state index in [9.17, 15) is 4.79 Å². The van der Waals surface area contributed by atoms with Crippen LogP contribution >= 0.6 is 23.4 Å². The van der Waals surface area contributed by atoms with Gasteiger partial charge in [-0.05, 0) is 29.8 Å². The van der Waals surface area contributed by atoms with Gasteiger partial charge in [0.15, 0.2) is 5.78 Å². The SMILES string of the molecule is COc1cccc(C(=O)C2SC2c2ccc(Cl)cc2)c1. The van der Waals surface area contributed by atoms with E-state index in [0.717, 1.165) is 10.6 Å². The van der Waals surface area contributed by atoms with Crippen molar-refractivity contribution in [3.8, 4) is 5.75 Å². The highest BCUT2D eigenvalue weighted by molar-refractivity contribution is 8.08. The molecule has 1 aliphatic rings. The van der Waals surface area contributed by atoms with Gasteiger partial charge in [0.2, 0.25) is 0 Å². The third-order valence-corrected chi connectivity index (χ3v) is 4.86. The number of ether oxygens (including phenoxy) is 1. The maximum atomic E-state index is 12.4. The van der Waals surface area contributed by atoms with Crippen molar-refractivity contribution in [1.29, 1.82) is 0 Å². The molecule has 1 saturated heterocycles. The number of carbonyl (C=O) groups excluding carboxylic acids is 1. The third-order valence-electron chi connectivity index (χ3n) is 3.30. The topological polar surface area (TPSA) is 26.3 Å². The molecule has 0 saturated carbocycles. The van der Waals surface area contributed by atoms with Gasteiger partial charge < -0.3 is 4.74 Å². The summed E-state index contributed by atoms with van der Waals surface area (Å²) >= 11 is 7.56. The van der Waals surface area contributed by atoms with Gasteiger partial charge in [-0.2, -0.15) is 0 Å².